The normalized spacial score (nSPS) is 10.2. The Kier molecular flexibility index (Phi) is 123. The van der Waals surface area contributed by atoms with Gasteiger partial charge >= 0.3 is 17.4 Å². The Morgan fingerprint density at radius 1 is 0.282 bits per heavy atom. The zero-order valence-corrected chi connectivity index (χ0v) is 80.6. The first kappa shape index (κ1) is 129. The standard InChI is InChI=1S/C12H9O2P.C11H22O.7C7H8O.C6H5O2P.C3H7OP.5C2H6.5HOP.H2/c13-15-14-12-8-6-11(7-9-12)10-4-2-1-3-5-10;1-11(2,3)9-5-7-10(12-4)8-6-9;7*1-8-7-5-3-2-4-6-7;7-9-8-6-4-2-1-3-5-6;1-2-3-5-4;10*1-2;/h1-9H;9-10H,5-8H2,1-4H3;7*2-6H,1H3;1-5H;2-3H2,1H3;5*1-2H3;5*2H;1H. The Hall–Kier alpha value is -8.84. The predicted octanol–water partition coefficient (Wildman–Crippen LogP) is 30.8. The third kappa shape index (κ3) is 86.3. The van der Waals surface area contributed by atoms with Gasteiger partial charge in [-0.1, -0.05) is 285 Å². The van der Waals surface area contributed by atoms with Gasteiger partial charge in [-0.2, -0.15) is 0 Å². The van der Waals surface area contributed by atoms with Gasteiger partial charge in [0.2, 0.25) is 0 Å². The van der Waals surface area contributed by atoms with Crippen LogP contribution in [-0.4, -0.2) is 69.1 Å². The maximum atomic E-state index is 10.2. The van der Waals surface area contributed by atoms with E-state index >= 15 is 0 Å². The molecule has 1 saturated carbocycles. The molecule has 26 heteroatoms. The Balaban J connectivity index is -0.000000117. The summed E-state index contributed by atoms with van der Waals surface area (Å²) in [4.78, 5) is 0. The molecule has 1 fully saturated rings. The van der Waals surface area contributed by atoms with Crippen LogP contribution in [0.4, 0.5) is 0 Å². The van der Waals surface area contributed by atoms with Gasteiger partial charge in [0.05, 0.1) is 55.9 Å². The Bertz CT molecular complexity index is 3060. The summed E-state index contributed by atoms with van der Waals surface area (Å²) in [5.41, 5.74) is 2.77. The number of hydrogen-bond donors (Lipinski definition) is 0. The molecule has 1 aliphatic rings. The van der Waals surface area contributed by atoms with Crippen molar-refractivity contribution in [2.24, 2.45) is 11.3 Å². The van der Waals surface area contributed by atoms with Crippen LogP contribution in [-0.2, 0) is 41.3 Å². The molecule has 648 valence electrons. The quantitative estimate of drug-likeness (QED) is 0.0869. The number of ether oxygens (including phenoxy) is 8. The van der Waals surface area contributed by atoms with Crippen molar-refractivity contribution >= 4 is 71.4 Å². The maximum Gasteiger partial charge on any atom is 0.395 e. The van der Waals surface area contributed by atoms with Gasteiger partial charge in [0.1, 0.15) is 97.3 Å². The van der Waals surface area contributed by atoms with Crippen molar-refractivity contribution in [2.75, 3.05) is 63.0 Å². The van der Waals surface area contributed by atoms with E-state index in [0.29, 0.717) is 23.0 Å². The molecule has 1 aliphatic carbocycles. The second-order valence-electron chi connectivity index (χ2n) is 21.1. The van der Waals surface area contributed by atoms with Gasteiger partial charge in [-0.25, -0.2) is 9.13 Å². The van der Waals surface area contributed by atoms with Gasteiger partial charge < -0.3 is 46.9 Å². The average Bonchev–Trinajstić information content (AvgIpc) is 0.870. The highest BCUT2D eigenvalue weighted by Gasteiger charge is 2.29. The highest BCUT2D eigenvalue weighted by molar-refractivity contribution is 7.23. The number of rotatable bonds is 15. The molecular formula is C91H136O18P8. The summed E-state index contributed by atoms with van der Waals surface area (Å²) in [5, 5.41) is 0. The predicted molar refractivity (Wildman–Crippen MR) is 505 cm³/mol. The molecule has 10 aromatic carbocycles. The summed E-state index contributed by atoms with van der Waals surface area (Å²) in [6.45, 7) is 29.1. The largest absolute Gasteiger partial charge is 0.497 e. The first-order valence-corrected chi connectivity index (χ1v) is 42.0. The molecule has 0 bridgehead atoms. The summed E-state index contributed by atoms with van der Waals surface area (Å²) in [7, 11) is 21.7. The van der Waals surface area contributed by atoms with Crippen LogP contribution in [0.2, 0.25) is 0 Å². The topological polar surface area (TPSA) is 229 Å². The van der Waals surface area contributed by atoms with Gasteiger partial charge in [-0.05, 0) is 164 Å². The second-order valence-corrected chi connectivity index (χ2v) is 22.5. The van der Waals surface area contributed by atoms with Crippen LogP contribution in [0, 0.1) is 11.3 Å². The number of benzene rings is 10. The van der Waals surface area contributed by atoms with Crippen molar-refractivity contribution in [1.29, 1.82) is 0 Å². The van der Waals surface area contributed by atoms with E-state index in [1.165, 1.54) is 25.7 Å². The van der Waals surface area contributed by atoms with Gasteiger partial charge in [0.15, 0.2) is 8.46 Å². The zero-order valence-electron chi connectivity index (χ0n) is 72.9. The Morgan fingerprint density at radius 2 is 0.462 bits per heavy atom. The summed E-state index contributed by atoms with van der Waals surface area (Å²) < 4.78 is 119. The van der Waals surface area contributed by atoms with E-state index in [1.54, 1.807) is 120 Å². The molecule has 10 aromatic rings. The lowest BCUT2D eigenvalue weighted by Crippen LogP contribution is -2.28. The summed E-state index contributed by atoms with van der Waals surface area (Å²) in [6, 6.07) is 94.3. The highest BCUT2D eigenvalue weighted by Crippen LogP contribution is 2.38. The van der Waals surface area contributed by atoms with Crippen LogP contribution >= 0.6 is 71.4 Å². The van der Waals surface area contributed by atoms with E-state index in [0.717, 1.165) is 69.9 Å². The molecule has 0 amide bonds. The fourth-order valence-electron chi connectivity index (χ4n) is 8.06. The summed E-state index contributed by atoms with van der Waals surface area (Å²) >= 11 is 0. The van der Waals surface area contributed by atoms with E-state index in [4.69, 9.17) is 65.2 Å². The third-order valence-corrected chi connectivity index (χ3v) is 14.6. The fraction of sp³-hybridized carbons (Fsp3) is 0.341. The van der Waals surface area contributed by atoms with Gasteiger partial charge in [0, 0.05) is 14.7 Å². The van der Waals surface area contributed by atoms with Crippen LogP contribution in [0.3, 0.4) is 0 Å². The van der Waals surface area contributed by atoms with E-state index in [1.807, 2.05) is 356 Å². The lowest BCUT2D eigenvalue weighted by Gasteiger charge is -2.36. The third-order valence-electron chi connectivity index (χ3n) is 13.4. The minimum absolute atomic E-state index is 0. The smallest absolute Gasteiger partial charge is 0.395 e. The molecule has 0 aliphatic heterocycles. The van der Waals surface area contributed by atoms with Crippen LogP contribution in [0.25, 0.3) is 11.1 Å². The van der Waals surface area contributed by atoms with Crippen molar-refractivity contribution in [3.63, 3.8) is 0 Å². The van der Waals surface area contributed by atoms with Crippen molar-refractivity contribution < 1.29 is 84.9 Å². The van der Waals surface area contributed by atoms with Crippen LogP contribution in [0.5, 0.6) is 51.7 Å². The molecule has 0 saturated heterocycles. The van der Waals surface area contributed by atoms with Gasteiger partial charge in [-0.15, -0.1) is 0 Å². The van der Waals surface area contributed by atoms with E-state index in [9.17, 15) is 13.7 Å². The molecule has 0 unspecified atom stereocenters. The molecule has 0 atom stereocenters. The van der Waals surface area contributed by atoms with Crippen LogP contribution < -0.4 is 42.2 Å². The number of hydrogen-bond acceptors (Lipinski definition) is 18. The highest BCUT2D eigenvalue weighted by atomic mass is 31.1. The van der Waals surface area contributed by atoms with Crippen molar-refractivity contribution in [3.8, 4) is 62.9 Å². The Labute approximate surface area is 721 Å². The molecule has 0 N–H and O–H groups in total. The summed E-state index contributed by atoms with van der Waals surface area (Å²) in [6.07, 6.45) is 7.59. The first-order chi connectivity index (χ1) is 57.3. The lowest BCUT2D eigenvalue weighted by molar-refractivity contribution is 0.0353. The molecular weight excluding hydrogens is 1630 g/mol. The minimum Gasteiger partial charge on any atom is -0.497 e. The van der Waals surface area contributed by atoms with Gasteiger partial charge in [-0.3, -0.25) is 27.4 Å². The SMILES string of the molecule is CC.CC.CC.CC.CC.CCCP=O.COC1CCC(C(C)(C)C)CC1.COc1ccccc1.COc1ccccc1.COc1ccccc1.COc1ccccc1.COc1ccccc1.COc1ccccc1.COc1ccccc1.O=P.O=P.O=P.O=P.O=P.O=POc1ccc(-c2ccccc2)cc1.O=POc1ccccc1.[HH]. The van der Waals surface area contributed by atoms with Gasteiger partial charge in [0.25, 0.3) is 0 Å². The van der Waals surface area contributed by atoms with Crippen molar-refractivity contribution in [3.05, 3.63) is 297 Å². The number of methoxy groups -OCH3 is 8. The monoisotopic (exact) mass is 1760 g/mol. The maximum absolute atomic E-state index is 10.2. The second kappa shape index (κ2) is 111. The molecule has 0 spiro atoms. The molecule has 11 rings (SSSR count). The van der Waals surface area contributed by atoms with Crippen LogP contribution in [0.1, 0.15) is 130 Å². The van der Waals surface area contributed by atoms with E-state index in [2.05, 4.69) is 25.3 Å². The van der Waals surface area contributed by atoms with Crippen molar-refractivity contribution in [1.82, 2.24) is 0 Å². The first-order valence-electron chi connectivity index (χ1n) is 37.5. The Morgan fingerprint density at radius 3 is 0.607 bits per heavy atom. The molecule has 0 radical (unpaired) electrons. The number of para-hydroxylation sites is 8. The lowest BCUT2D eigenvalue weighted by atomic mass is 9.72. The van der Waals surface area contributed by atoms with E-state index in [-0.39, 0.29) is 27.3 Å². The fourth-order valence-corrected chi connectivity index (χ4v) is 8.66. The molecule has 0 heterocycles. The zero-order chi connectivity index (χ0) is 91.1. The average molecular weight is 1770 g/mol. The summed E-state index contributed by atoms with van der Waals surface area (Å²) in [5.74, 6) is 8.50. The van der Waals surface area contributed by atoms with Crippen LogP contribution in [0.15, 0.2) is 297 Å². The molecule has 18 nitrogen and oxygen atoms in total. The molecule has 0 aromatic heterocycles. The van der Waals surface area contributed by atoms with Crippen molar-refractivity contribution in [2.45, 2.75) is 135 Å². The van der Waals surface area contributed by atoms with E-state index < -0.39 is 0 Å². The minimum atomic E-state index is -0.323. The molecule has 117 heavy (non-hydrogen) atoms.